The second-order valence-electron chi connectivity index (χ2n) is 8.53. The van der Waals surface area contributed by atoms with Crippen molar-refractivity contribution in [3.8, 4) is 0 Å². The van der Waals surface area contributed by atoms with Crippen molar-refractivity contribution in [2.45, 2.75) is 50.9 Å². The number of thiazole rings is 1. The van der Waals surface area contributed by atoms with Gasteiger partial charge in [0.2, 0.25) is 5.91 Å². The summed E-state index contributed by atoms with van der Waals surface area (Å²) in [5, 5.41) is 9.18. The lowest BCUT2D eigenvalue weighted by Gasteiger charge is -2.56. The molecule has 0 saturated heterocycles. The van der Waals surface area contributed by atoms with Crippen molar-refractivity contribution in [1.82, 2.24) is 4.98 Å². The van der Waals surface area contributed by atoms with Crippen LogP contribution in [0.25, 0.3) is 0 Å². The van der Waals surface area contributed by atoms with Crippen LogP contribution in [0.2, 0.25) is 0 Å². The second kappa shape index (κ2) is 6.41. The zero-order valence-electron chi connectivity index (χ0n) is 15.3. The van der Waals surface area contributed by atoms with E-state index in [-0.39, 0.29) is 17.2 Å². The minimum absolute atomic E-state index is 0.135. The molecule has 4 aliphatic carbocycles. The SMILES string of the molecule is CC(=O)Nc1ccc(C(=O)Nc2nc(C34CC5CC(CC(C5)C3)C4)cs2)s1. The van der Waals surface area contributed by atoms with E-state index >= 15 is 0 Å². The van der Waals surface area contributed by atoms with Gasteiger partial charge in [-0.05, 0) is 68.4 Å². The third-order valence-corrected chi connectivity index (χ3v) is 8.19. The van der Waals surface area contributed by atoms with Gasteiger partial charge in [0.15, 0.2) is 5.13 Å². The predicted molar refractivity (Wildman–Crippen MR) is 109 cm³/mol. The van der Waals surface area contributed by atoms with Crippen LogP contribution >= 0.6 is 22.7 Å². The fourth-order valence-electron chi connectivity index (χ4n) is 5.86. The Morgan fingerprint density at radius 2 is 1.74 bits per heavy atom. The summed E-state index contributed by atoms with van der Waals surface area (Å²) in [7, 11) is 0. The van der Waals surface area contributed by atoms with Gasteiger partial charge in [-0.3, -0.25) is 14.9 Å². The van der Waals surface area contributed by atoms with Crippen LogP contribution in [0.3, 0.4) is 0 Å². The van der Waals surface area contributed by atoms with Gasteiger partial charge >= 0.3 is 0 Å². The van der Waals surface area contributed by atoms with Crippen LogP contribution in [0.4, 0.5) is 10.1 Å². The van der Waals surface area contributed by atoms with Crippen LogP contribution in [0.5, 0.6) is 0 Å². The van der Waals surface area contributed by atoms with Crippen LogP contribution < -0.4 is 10.6 Å². The molecule has 0 radical (unpaired) electrons. The van der Waals surface area contributed by atoms with Crippen LogP contribution in [0.1, 0.15) is 60.8 Å². The fourth-order valence-corrected chi connectivity index (χ4v) is 7.53. The molecule has 7 heteroatoms. The molecule has 0 atom stereocenters. The molecular formula is C20H23N3O2S2. The van der Waals surface area contributed by atoms with E-state index in [1.54, 1.807) is 12.1 Å². The standard InChI is InChI=1S/C20H23N3O2S2/c1-11(24)21-17-3-2-15(27-17)18(25)23-19-22-16(10-26-19)20-7-12-4-13(8-20)6-14(5-12)9-20/h2-3,10,12-14H,4-9H2,1H3,(H,21,24)(H,22,23,25). The summed E-state index contributed by atoms with van der Waals surface area (Å²) in [6.07, 6.45) is 8.09. The highest BCUT2D eigenvalue weighted by Gasteiger charge is 2.52. The van der Waals surface area contributed by atoms with Gasteiger partial charge in [-0.2, -0.15) is 0 Å². The van der Waals surface area contributed by atoms with Gasteiger partial charge in [0.1, 0.15) is 0 Å². The first-order valence-corrected chi connectivity index (χ1v) is 11.3. The molecule has 0 aromatic carbocycles. The molecule has 2 amide bonds. The maximum absolute atomic E-state index is 12.5. The molecular weight excluding hydrogens is 378 g/mol. The molecule has 4 aliphatic rings. The average Bonchev–Trinajstić information content (AvgIpc) is 3.23. The van der Waals surface area contributed by atoms with E-state index in [1.165, 1.54) is 73.8 Å². The molecule has 4 saturated carbocycles. The molecule has 4 fully saturated rings. The lowest BCUT2D eigenvalue weighted by atomic mass is 9.49. The highest BCUT2D eigenvalue weighted by molar-refractivity contribution is 7.18. The van der Waals surface area contributed by atoms with E-state index in [2.05, 4.69) is 16.0 Å². The molecule has 6 rings (SSSR count). The monoisotopic (exact) mass is 401 g/mol. The molecule has 27 heavy (non-hydrogen) atoms. The number of amides is 2. The average molecular weight is 402 g/mol. The van der Waals surface area contributed by atoms with E-state index in [0.29, 0.717) is 15.0 Å². The Balaban J connectivity index is 1.30. The summed E-state index contributed by atoms with van der Waals surface area (Å²) in [6.45, 7) is 1.46. The summed E-state index contributed by atoms with van der Waals surface area (Å²) < 4.78 is 0. The van der Waals surface area contributed by atoms with Crippen LogP contribution in [-0.4, -0.2) is 16.8 Å². The van der Waals surface area contributed by atoms with Gasteiger partial charge in [0.05, 0.1) is 15.6 Å². The number of nitrogens with one attached hydrogen (secondary N) is 2. The maximum atomic E-state index is 12.5. The van der Waals surface area contributed by atoms with Gasteiger partial charge in [-0.1, -0.05) is 0 Å². The van der Waals surface area contributed by atoms with Crippen molar-refractivity contribution >= 4 is 44.6 Å². The molecule has 2 N–H and O–H groups in total. The Labute approximate surface area is 166 Å². The van der Waals surface area contributed by atoms with Crippen molar-refractivity contribution in [3.05, 3.63) is 28.1 Å². The highest BCUT2D eigenvalue weighted by Crippen LogP contribution is 2.60. The van der Waals surface area contributed by atoms with E-state index in [9.17, 15) is 9.59 Å². The molecule has 2 aromatic rings. The topological polar surface area (TPSA) is 71.1 Å². The minimum Gasteiger partial charge on any atom is -0.318 e. The maximum Gasteiger partial charge on any atom is 0.267 e. The summed E-state index contributed by atoms with van der Waals surface area (Å²) in [5.74, 6) is 2.35. The first kappa shape index (κ1) is 17.4. The molecule has 0 spiro atoms. The Morgan fingerprint density at radius 1 is 1.07 bits per heavy atom. The van der Waals surface area contributed by atoms with Gasteiger partial charge < -0.3 is 5.32 Å². The number of carbonyl (C=O) groups is 2. The zero-order chi connectivity index (χ0) is 18.6. The van der Waals surface area contributed by atoms with Gasteiger partial charge in [0.25, 0.3) is 5.91 Å². The van der Waals surface area contributed by atoms with Gasteiger partial charge in [-0.15, -0.1) is 22.7 Å². The normalized spacial score (nSPS) is 31.1. The molecule has 2 aromatic heterocycles. The van der Waals surface area contributed by atoms with Crippen LogP contribution in [-0.2, 0) is 10.2 Å². The van der Waals surface area contributed by atoms with Crippen molar-refractivity contribution < 1.29 is 9.59 Å². The lowest BCUT2D eigenvalue weighted by Crippen LogP contribution is -2.48. The number of hydrogen-bond donors (Lipinski definition) is 2. The first-order valence-electron chi connectivity index (χ1n) is 9.64. The number of aromatic nitrogens is 1. The number of anilines is 2. The third kappa shape index (κ3) is 3.21. The molecule has 4 bridgehead atoms. The molecule has 142 valence electrons. The Hall–Kier alpha value is -1.73. The predicted octanol–water partition coefficient (Wildman–Crippen LogP) is 4.88. The number of thiophene rings is 1. The van der Waals surface area contributed by atoms with E-state index in [1.807, 2.05) is 0 Å². The Morgan fingerprint density at radius 3 is 2.37 bits per heavy atom. The number of rotatable bonds is 4. The number of hydrogen-bond acceptors (Lipinski definition) is 5. The molecule has 2 heterocycles. The highest BCUT2D eigenvalue weighted by atomic mass is 32.1. The van der Waals surface area contributed by atoms with Crippen molar-refractivity contribution in [1.29, 1.82) is 0 Å². The van der Waals surface area contributed by atoms with E-state index in [0.717, 1.165) is 17.8 Å². The molecule has 0 aliphatic heterocycles. The van der Waals surface area contributed by atoms with Crippen LogP contribution in [0.15, 0.2) is 17.5 Å². The van der Waals surface area contributed by atoms with E-state index < -0.39 is 0 Å². The van der Waals surface area contributed by atoms with E-state index in [4.69, 9.17) is 4.98 Å². The largest absolute Gasteiger partial charge is 0.318 e. The Kier molecular flexibility index (Phi) is 4.13. The summed E-state index contributed by atoms with van der Waals surface area (Å²) >= 11 is 2.81. The van der Waals surface area contributed by atoms with Crippen molar-refractivity contribution in [2.24, 2.45) is 17.8 Å². The van der Waals surface area contributed by atoms with Crippen molar-refractivity contribution in [2.75, 3.05) is 10.6 Å². The van der Waals surface area contributed by atoms with Crippen LogP contribution in [0, 0.1) is 17.8 Å². The summed E-state index contributed by atoms with van der Waals surface area (Å²) in [5.41, 5.74) is 1.46. The fraction of sp³-hybridized carbons (Fsp3) is 0.550. The smallest absolute Gasteiger partial charge is 0.267 e. The number of nitrogens with zero attached hydrogens (tertiary/aromatic N) is 1. The van der Waals surface area contributed by atoms with Gasteiger partial charge in [-0.25, -0.2) is 4.98 Å². The minimum atomic E-state index is -0.164. The lowest BCUT2D eigenvalue weighted by molar-refractivity contribution is -0.114. The number of carbonyl (C=O) groups excluding carboxylic acids is 2. The first-order chi connectivity index (χ1) is 13.0. The van der Waals surface area contributed by atoms with Gasteiger partial charge in [0, 0.05) is 17.7 Å². The summed E-state index contributed by atoms with van der Waals surface area (Å²) in [6, 6.07) is 3.49. The molecule has 0 unspecified atom stereocenters. The Bertz CT molecular complexity index is 865. The second-order valence-corrected chi connectivity index (χ2v) is 10.5. The molecule has 5 nitrogen and oxygen atoms in total. The third-order valence-electron chi connectivity index (χ3n) is 6.44. The summed E-state index contributed by atoms with van der Waals surface area (Å²) in [4.78, 5) is 29.1. The zero-order valence-corrected chi connectivity index (χ0v) is 16.9. The quantitative estimate of drug-likeness (QED) is 0.767. The van der Waals surface area contributed by atoms with Crippen molar-refractivity contribution in [3.63, 3.8) is 0 Å².